The van der Waals surface area contributed by atoms with Gasteiger partial charge in [-0.1, -0.05) is 6.92 Å². The molecule has 0 fully saturated rings. The quantitative estimate of drug-likeness (QED) is 0.632. The first-order valence-electron chi connectivity index (χ1n) is 9.22. The van der Waals surface area contributed by atoms with E-state index in [0.29, 0.717) is 24.5 Å². The number of hydrogen-bond acceptors (Lipinski definition) is 5. The molecule has 0 spiro atoms. The van der Waals surface area contributed by atoms with Gasteiger partial charge in [0.05, 0.1) is 0 Å². The average Bonchev–Trinajstić information content (AvgIpc) is 2.55. The Morgan fingerprint density at radius 1 is 1.30 bits per heavy atom. The summed E-state index contributed by atoms with van der Waals surface area (Å²) in [5.74, 6) is -0.824. The summed E-state index contributed by atoms with van der Waals surface area (Å²) in [4.78, 5) is 36.9. The molecule has 1 aliphatic rings. The predicted octanol–water partition coefficient (Wildman–Crippen LogP) is 3.95. The van der Waals surface area contributed by atoms with Crippen LogP contribution in [0.2, 0.25) is 0 Å². The van der Waals surface area contributed by atoms with Crippen molar-refractivity contribution in [1.29, 1.82) is 0 Å². The molecular weight excluding hydrogens is 346 g/mol. The van der Waals surface area contributed by atoms with Crippen LogP contribution in [0.4, 0.5) is 5.69 Å². The van der Waals surface area contributed by atoms with Gasteiger partial charge in [-0.25, -0.2) is 4.79 Å². The first-order chi connectivity index (χ1) is 12.6. The number of carboxylic acid groups (broad SMARTS) is 1. The Morgan fingerprint density at radius 2 is 2.00 bits per heavy atom. The van der Waals surface area contributed by atoms with E-state index in [9.17, 15) is 14.4 Å². The Kier molecular flexibility index (Phi) is 4.84. The van der Waals surface area contributed by atoms with Gasteiger partial charge in [-0.3, -0.25) is 9.59 Å². The third kappa shape index (κ3) is 3.61. The highest BCUT2D eigenvalue weighted by atomic mass is 16.4. The molecule has 27 heavy (non-hydrogen) atoms. The summed E-state index contributed by atoms with van der Waals surface area (Å²) in [6.07, 6.45) is 1.58. The number of fused-ring (bicyclic) bond motifs is 2. The van der Waals surface area contributed by atoms with Gasteiger partial charge in [0.2, 0.25) is 0 Å². The third-order valence-corrected chi connectivity index (χ3v) is 5.39. The van der Waals surface area contributed by atoms with Crippen LogP contribution in [0.15, 0.2) is 27.4 Å². The van der Waals surface area contributed by atoms with Crippen molar-refractivity contribution in [2.45, 2.75) is 58.4 Å². The van der Waals surface area contributed by atoms with Crippen molar-refractivity contribution in [2.24, 2.45) is 0 Å². The van der Waals surface area contributed by atoms with Crippen molar-refractivity contribution < 1.29 is 19.1 Å². The summed E-state index contributed by atoms with van der Waals surface area (Å²) in [5, 5.41) is 9.69. The van der Waals surface area contributed by atoms with Crippen LogP contribution in [0.5, 0.6) is 0 Å². The second-order valence-electron chi connectivity index (χ2n) is 8.02. The molecule has 1 aliphatic heterocycles. The Balaban J connectivity index is 2.12. The second-order valence-corrected chi connectivity index (χ2v) is 8.02. The SMILES string of the molecule is CC(=O)c1cc2cc3c(cc2oc1=O)N(CCCC(=O)O)C(C)(C)CC3C. The van der Waals surface area contributed by atoms with Crippen LogP contribution in [0, 0.1) is 0 Å². The second kappa shape index (κ2) is 6.83. The smallest absolute Gasteiger partial charge is 0.347 e. The monoisotopic (exact) mass is 371 g/mol. The van der Waals surface area contributed by atoms with Gasteiger partial charge in [-0.15, -0.1) is 0 Å². The lowest BCUT2D eigenvalue weighted by atomic mass is 9.79. The number of nitrogens with zero attached hydrogens (tertiary/aromatic N) is 1. The van der Waals surface area contributed by atoms with Crippen molar-refractivity contribution in [3.63, 3.8) is 0 Å². The molecule has 0 saturated heterocycles. The van der Waals surface area contributed by atoms with Crippen molar-refractivity contribution in [2.75, 3.05) is 11.4 Å². The molecule has 144 valence electrons. The van der Waals surface area contributed by atoms with E-state index in [1.165, 1.54) is 6.92 Å². The normalized spacial score (nSPS) is 18.4. The molecule has 2 heterocycles. The molecule has 1 N–H and O–H groups in total. The van der Waals surface area contributed by atoms with Crippen LogP contribution in [-0.2, 0) is 4.79 Å². The van der Waals surface area contributed by atoms with E-state index in [-0.39, 0.29) is 23.3 Å². The lowest BCUT2D eigenvalue weighted by Crippen LogP contribution is -2.48. The number of aliphatic carboxylic acids is 1. The maximum absolute atomic E-state index is 12.1. The fourth-order valence-electron chi connectivity index (χ4n) is 4.15. The van der Waals surface area contributed by atoms with Crippen molar-refractivity contribution in [1.82, 2.24) is 0 Å². The number of carbonyl (C=O) groups is 2. The van der Waals surface area contributed by atoms with Gasteiger partial charge in [-0.05, 0) is 57.2 Å². The number of carboxylic acids is 1. The lowest BCUT2D eigenvalue weighted by Gasteiger charge is -2.47. The number of rotatable bonds is 5. The minimum Gasteiger partial charge on any atom is -0.481 e. The van der Waals surface area contributed by atoms with E-state index < -0.39 is 11.6 Å². The summed E-state index contributed by atoms with van der Waals surface area (Å²) < 4.78 is 5.42. The summed E-state index contributed by atoms with van der Waals surface area (Å²) in [6.45, 7) is 8.41. The molecule has 6 nitrogen and oxygen atoms in total. The van der Waals surface area contributed by atoms with Crippen LogP contribution >= 0.6 is 0 Å². The molecule has 0 aliphatic carbocycles. The molecule has 1 aromatic carbocycles. The summed E-state index contributed by atoms with van der Waals surface area (Å²) in [5.41, 5.74) is 1.82. The zero-order valence-corrected chi connectivity index (χ0v) is 16.2. The van der Waals surface area contributed by atoms with Crippen LogP contribution in [-0.4, -0.2) is 28.9 Å². The van der Waals surface area contributed by atoms with Crippen molar-refractivity contribution in [3.05, 3.63) is 39.7 Å². The van der Waals surface area contributed by atoms with E-state index in [0.717, 1.165) is 23.1 Å². The molecular formula is C21H25NO5. The zero-order chi connectivity index (χ0) is 19.9. The Morgan fingerprint density at radius 3 is 2.63 bits per heavy atom. The van der Waals surface area contributed by atoms with E-state index in [1.54, 1.807) is 6.07 Å². The first-order valence-corrected chi connectivity index (χ1v) is 9.22. The minimum absolute atomic E-state index is 0.0598. The number of anilines is 1. The number of carbonyl (C=O) groups excluding carboxylic acids is 1. The largest absolute Gasteiger partial charge is 0.481 e. The van der Waals surface area contributed by atoms with Gasteiger partial charge in [0, 0.05) is 35.6 Å². The van der Waals surface area contributed by atoms with Gasteiger partial charge in [0.1, 0.15) is 11.1 Å². The highest BCUT2D eigenvalue weighted by molar-refractivity contribution is 5.97. The molecule has 1 unspecified atom stereocenters. The highest BCUT2D eigenvalue weighted by Crippen LogP contribution is 2.44. The molecule has 6 heteroatoms. The maximum Gasteiger partial charge on any atom is 0.347 e. The Labute approximate surface area is 157 Å². The van der Waals surface area contributed by atoms with Crippen molar-refractivity contribution >= 4 is 28.4 Å². The van der Waals surface area contributed by atoms with Crippen LogP contribution in [0.25, 0.3) is 11.0 Å². The summed E-state index contributed by atoms with van der Waals surface area (Å²) in [6, 6.07) is 5.45. The van der Waals surface area contributed by atoms with Gasteiger partial charge >= 0.3 is 11.6 Å². The van der Waals surface area contributed by atoms with Gasteiger partial charge in [0.15, 0.2) is 5.78 Å². The number of hydrogen-bond donors (Lipinski definition) is 1. The number of ketones is 1. The van der Waals surface area contributed by atoms with Gasteiger partial charge in [0.25, 0.3) is 0 Å². The summed E-state index contributed by atoms with van der Waals surface area (Å²) in [7, 11) is 0. The first kappa shape index (κ1) is 19.1. The van der Waals surface area contributed by atoms with Crippen LogP contribution in [0.1, 0.15) is 68.8 Å². The van der Waals surface area contributed by atoms with Crippen LogP contribution < -0.4 is 10.5 Å². The van der Waals surface area contributed by atoms with E-state index in [2.05, 4.69) is 25.7 Å². The standard InChI is InChI=1S/C21H25NO5/c1-12-11-21(3,4)22(7-5-6-19(24)25)17-10-18-14(8-15(12)17)9-16(13(2)23)20(26)27-18/h8-10,12H,5-7,11H2,1-4H3,(H,24,25). The zero-order valence-electron chi connectivity index (χ0n) is 16.2. The van der Waals surface area contributed by atoms with Crippen LogP contribution in [0.3, 0.4) is 0 Å². The fourth-order valence-corrected chi connectivity index (χ4v) is 4.15. The van der Waals surface area contributed by atoms with E-state index in [1.807, 2.05) is 12.1 Å². The third-order valence-electron chi connectivity index (χ3n) is 5.39. The molecule has 2 aromatic rings. The Bertz CT molecular complexity index is 972. The topological polar surface area (TPSA) is 87.8 Å². The predicted molar refractivity (Wildman–Crippen MR) is 104 cm³/mol. The lowest BCUT2D eigenvalue weighted by molar-refractivity contribution is -0.137. The van der Waals surface area contributed by atoms with Gasteiger partial charge < -0.3 is 14.4 Å². The molecule has 0 saturated carbocycles. The molecule has 0 amide bonds. The molecule has 1 atom stereocenters. The van der Waals surface area contributed by atoms with E-state index in [4.69, 9.17) is 9.52 Å². The van der Waals surface area contributed by atoms with E-state index >= 15 is 0 Å². The van der Waals surface area contributed by atoms with Gasteiger partial charge in [-0.2, -0.15) is 0 Å². The Hall–Kier alpha value is -2.63. The molecule has 0 bridgehead atoms. The molecule has 1 aromatic heterocycles. The minimum atomic E-state index is -0.806. The number of benzene rings is 1. The molecule has 3 rings (SSSR count). The molecule has 0 radical (unpaired) electrons. The number of Topliss-reactive ketones (excluding diaryl/α,β-unsaturated/α-hetero) is 1. The maximum atomic E-state index is 12.1. The highest BCUT2D eigenvalue weighted by Gasteiger charge is 2.36. The fraction of sp³-hybridized carbons (Fsp3) is 0.476. The summed E-state index contributed by atoms with van der Waals surface area (Å²) >= 11 is 0. The van der Waals surface area contributed by atoms with Crippen molar-refractivity contribution in [3.8, 4) is 0 Å². The average molecular weight is 371 g/mol.